The van der Waals surface area contributed by atoms with Gasteiger partial charge in [-0.25, -0.2) is 10.4 Å². The molecule has 0 radical (unpaired) electrons. The van der Waals surface area contributed by atoms with Gasteiger partial charge in [-0.05, 0) is 0 Å². The molecule has 5 nitrogen and oxygen atoms in total. The third-order valence-electron chi connectivity index (χ3n) is 1.46. The molecular formula is C5H9N3O2. The highest BCUT2D eigenvalue weighted by Crippen LogP contribution is 1.95. The molecule has 10 heavy (non-hydrogen) atoms. The zero-order chi connectivity index (χ0) is 7.56. The number of nitrogens with one attached hydrogen (secondary N) is 2. The van der Waals surface area contributed by atoms with Gasteiger partial charge in [-0.2, -0.15) is 5.53 Å². The lowest BCUT2D eigenvalue weighted by Gasteiger charge is -2.12. The van der Waals surface area contributed by atoms with Crippen LogP contribution in [0, 0.1) is 0 Å². The average molecular weight is 143 g/mol. The monoisotopic (exact) mass is 143 g/mol. The molecule has 0 aliphatic carbocycles. The van der Waals surface area contributed by atoms with E-state index in [0.29, 0.717) is 12.8 Å². The molecule has 2 N–H and O–H groups in total. The van der Waals surface area contributed by atoms with Crippen LogP contribution in [0.2, 0.25) is 0 Å². The molecule has 1 saturated heterocycles. The van der Waals surface area contributed by atoms with Crippen LogP contribution in [0.25, 0.3) is 0 Å². The number of likely N-dealkylation sites (N-methyl/N-ethyl adjacent to an activating group) is 1. The van der Waals surface area contributed by atoms with Crippen LogP contribution >= 0.6 is 0 Å². The van der Waals surface area contributed by atoms with Gasteiger partial charge in [0.1, 0.15) is 6.04 Å². The summed E-state index contributed by atoms with van der Waals surface area (Å²) in [5.41, 5.74) is 5.42. The second-order valence-corrected chi connectivity index (χ2v) is 2.14. The number of hydrazine groups is 2. The van der Waals surface area contributed by atoms with E-state index in [1.807, 2.05) is 0 Å². The van der Waals surface area contributed by atoms with Crippen molar-refractivity contribution in [2.24, 2.45) is 0 Å². The van der Waals surface area contributed by atoms with Gasteiger partial charge in [-0.3, -0.25) is 9.59 Å². The molecule has 1 atom stereocenters. The molecule has 1 heterocycles. The van der Waals surface area contributed by atoms with E-state index in [1.165, 1.54) is 0 Å². The third-order valence-corrected chi connectivity index (χ3v) is 1.46. The normalized spacial score (nSPS) is 26.7. The van der Waals surface area contributed by atoms with E-state index in [1.54, 1.807) is 12.1 Å². The van der Waals surface area contributed by atoms with E-state index >= 15 is 0 Å². The van der Waals surface area contributed by atoms with Crippen molar-refractivity contribution in [1.29, 1.82) is 0 Å². The molecule has 0 bridgehead atoms. The molecule has 1 aliphatic heterocycles. The smallest absolute Gasteiger partial charge is 0.215 e. The van der Waals surface area contributed by atoms with Gasteiger partial charge in [-0.1, -0.05) is 0 Å². The largest absolute Gasteiger partial charge is 0.295 e. The maximum atomic E-state index is 10.7. The van der Waals surface area contributed by atoms with Crippen LogP contribution in [0.15, 0.2) is 0 Å². The average Bonchev–Trinajstić information content (AvgIpc) is 2.34. The molecule has 1 aliphatic rings. The van der Waals surface area contributed by atoms with Crippen molar-refractivity contribution in [1.82, 2.24) is 16.0 Å². The maximum absolute atomic E-state index is 10.7. The summed E-state index contributed by atoms with van der Waals surface area (Å²) in [5.74, 6) is -0.403. The first-order chi connectivity index (χ1) is 4.75. The van der Waals surface area contributed by atoms with Crippen LogP contribution in [0.5, 0.6) is 0 Å². The number of Topliss-reactive ketones (excluding diaryl/α,β-unsaturated/α-hetero) is 1. The third kappa shape index (κ3) is 1.21. The fourth-order valence-corrected chi connectivity index (χ4v) is 0.852. The number of hydrogen-bond acceptors (Lipinski definition) is 5. The second-order valence-electron chi connectivity index (χ2n) is 2.14. The lowest BCUT2D eigenvalue weighted by atomic mass is 10.2. The minimum absolute atomic E-state index is 0.343. The summed E-state index contributed by atoms with van der Waals surface area (Å²) in [5, 5.41) is 1.57. The highest BCUT2D eigenvalue weighted by molar-refractivity contribution is 6.27. The van der Waals surface area contributed by atoms with Crippen LogP contribution in [0.4, 0.5) is 0 Å². The van der Waals surface area contributed by atoms with Crippen LogP contribution in [-0.2, 0) is 9.59 Å². The number of nitrogens with zero attached hydrogens (tertiary/aromatic N) is 1. The fourth-order valence-electron chi connectivity index (χ4n) is 0.852. The predicted octanol–water partition coefficient (Wildman–Crippen LogP) is -1.92. The molecule has 5 heteroatoms. The number of carbonyl (C=O) groups is 2. The quantitative estimate of drug-likeness (QED) is 0.348. The van der Waals surface area contributed by atoms with Crippen molar-refractivity contribution < 1.29 is 9.59 Å². The highest BCUT2D eigenvalue weighted by Gasteiger charge is 2.26. The number of carbonyl (C=O) groups excluding carboxylic acids is 2. The first-order valence-electron chi connectivity index (χ1n) is 2.96. The summed E-state index contributed by atoms with van der Waals surface area (Å²) in [7, 11) is 1.70. The first kappa shape index (κ1) is 7.33. The molecule has 1 fully saturated rings. The van der Waals surface area contributed by atoms with Crippen LogP contribution < -0.4 is 11.0 Å². The lowest BCUT2D eigenvalue weighted by molar-refractivity contribution is -0.132. The van der Waals surface area contributed by atoms with E-state index in [0.717, 1.165) is 0 Å². The number of ketones is 1. The van der Waals surface area contributed by atoms with Crippen molar-refractivity contribution in [3.8, 4) is 0 Å². The Kier molecular flexibility index (Phi) is 2.10. The summed E-state index contributed by atoms with van der Waals surface area (Å²) >= 11 is 0. The molecule has 0 aromatic carbocycles. The SMILES string of the molecule is CN1NNCC1C(=O)C=O. The summed E-state index contributed by atoms with van der Waals surface area (Å²) < 4.78 is 0. The highest BCUT2D eigenvalue weighted by atomic mass is 16.2. The van der Waals surface area contributed by atoms with Gasteiger partial charge in [0.2, 0.25) is 5.78 Å². The molecule has 0 aromatic heterocycles. The summed E-state index contributed by atoms with van der Waals surface area (Å²) in [6.07, 6.45) is 0.343. The van der Waals surface area contributed by atoms with Gasteiger partial charge in [0.05, 0.1) is 0 Å². The van der Waals surface area contributed by atoms with Gasteiger partial charge in [0, 0.05) is 13.6 Å². The zero-order valence-corrected chi connectivity index (χ0v) is 5.63. The van der Waals surface area contributed by atoms with Gasteiger partial charge < -0.3 is 0 Å². The summed E-state index contributed by atoms with van der Waals surface area (Å²) in [6, 6.07) is -0.350. The molecule has 0 aromatic rings. The van der Waals surface area contributed by atoms with E-state index < -0.39 is 5.78 Å². The van der Waals surface area contributed by atoms with Crippen molar-refractivity contribution in [2.75, 3.05) is 13.6 Å². The Balaban J connectivity index is 2.54. The second kappa shape index (κ2) is 2.87. The minimum atomic E-state index is -0.403. The summed E-state index contributed by atoms with van der Waals surface area (Å²) in [4.78, 5) is 20.7. The van der Waals surface area contributed by atoms with Crippen molar-refractivity contribution >= 4 is 12.1 Å². The fraction of sp³-hybridized carbons (Fsp3) is 0.600. The topological polar surface area (TPSA) is 61.4 Å². The predicted molar refractivity (Wildman–Crippen MR) is 33.8 cm³/mol. The molecule has 0 saturated carbocycles. The van der Waals surface area contributed by atoms with Gasteiger partial charge >= 0.3 is 0 Å². The Morgan fingerprint density at radius 1 is 1.80 bits per heavy atom. The molecule has 0 amide bonds. The van der Waals surface area contributed by atoms with Crippen molar-refractivity contribution in [3.63, 3.8) is 0 Å². The van der Waals surface area contributed by atoms with Gasteiger partial charge in [0.15, 0.2) is 6.29 Å². The standard InChI is InChI=1S/C5H9N3O2/c1-8-4(2-6-7-8)5(10)3-9/h3-4,6-7H,2H2,1H3. The van der Waals surface area contributed by atoms with Crippen molar-refractivity contribution in [3.05, 3.63) is 0 Å². The molecule has 1 rings (SSSR count). The Hall–Kier alpha value is -0.780. The Bertz CT molecular complexity index is 159. The van der Waals surface area contributed by atoms with E-state index in [9.17, 15) is 9.59 Å². The number of hydrogen-bond donors (Lipinski definition) is 2. The zero-order valence-electron chi connectivity index (χ0n) is 5.63. The molecule has 56 valence electrons. The molecule has 1 unspecified atom stereocenters. The lowest BCUT2D eigenvalue weighted by Crippen LogP contribution is -2.40. The molecule has 0 spiro atoms. The van der Waals surface area contributed by atoms with Crippen LogP contribution in [-0.4, -0.2) is 36.7 Å². The van der Waals surface area contributed by atoms with Crippen molar-refractivity contribution in [2.45, 2.75) is 6.04 Å². The first-order valence-corrected chi connectivity index (χ1v) is 2.96. The van der Waals surface area contributed by atoms with Gasteiger partial charge in [0.25, 0.3) is 0 Å². The van der Waals surface area contributed by atoms with Crippen LogP contribution in [0.1, 0.15) is 0 Å². The maximum Gasteiger partial charge on any atom is 0.215 e. The van der Waals surface area contributed by atoms with E-state index in [-0.39, 0.29) is 6.04 Å². The van der Waals surface area contributed by atoms with E-state index in [2.05, 4.69) is 11.0 Å². The number of aldehydes is 1. The Labute approximate surface area is 58.3 Å². The van der Waals surface area contributed by atoms with Crippen LogP contribution in [0.3, 0.4) is 0 Å². The minimum Gasteiger partial charge on any atom is -0.295 e. The summed E-state index contributed by atoms with van der Waals surface area (Å²) in [6.45, 7) is 0.480. The Morgan fingerprint density at radius 2 is 2.50 bits per heavy atom. The van der Waals surface area contributed by atoms with Gasteiger partial charge in [-0.15, -0.1) is 0 Å². The van der Waals surface area contributed by atoms with E-state index in [4.69, 9.17) is 0 Å². The number of rotatable bonds is 2. The molecular weight excluding hydrogens is 134 g/mol. The Morgan fingerprint density at radius 3 is 2.90 bits per heavy atom.